The Labute approximate surface area is 119 Å². The van der Waals surface area contributed by atoms with E-state index in [1.54, 1.807) is 18.2 Å². The summed E-state index contributed by atoms with van der Waals surface area (Å²) in [6.07, 6.45) is 7.51. The van der Waals surface area contributed by atoms with Crippen molar-refractivity contribution in [3.63, 3.8) is 0 Å². The number of nitrogens with zero attached hydrogens (tertiary/aromatic N) is 2. The van der Waals surface area contributed by atoms with Crippen LogP contribution in [0.25, 0.3) is 0 Å². The van der Waals surface area contributed by atoms with Gasteiger partial charge in [0.1, 0.15) is 5.82 Å². The maximum Gasteiger partial charge on any atom is 0.320 e. The molecule has 1 aliphatic rings. The summed E-state index contributed by atoms with van der Waals surface area (Å²) >= 11 is 0. The van der Waals surface area contributed by atoms with E-state index < -0.39 is 0 Å². The van der Waals surface area contributed by atoms with Gasteiger partial charge < -0.3 is 10.6 Å². The average molecular weight is 275 g/mol. The molecule has 1 aromatic heterocycles. The molecule has 1 aromatic rings. The molecule has 0 bridgehead atoms. The molecule has 1 fully saturated rings. The Hall–Kier alpha value is -2.11. The highest BCUT2D eigenvalue weighted by molar-refractivity contribution is 5.88. The third-order valence-corrected chi connectivity index (χ3v) is 3.27. The number of nitrogens with one attached hydrogen (secondary N) is 3. The highest BCUT2D eigenvalue weighted by atomic mass is 16.2. The molecule has 3 N–H and O–H groups in total. The molecule has 0 atom stereocenters. The van der Waals surface area contributed by atoms with Crippen LogP contribution in [-0.4, -0.2) is 28.8 Å². The van der Waals surface area contributed by atoms with Crippen molar-refractivity contribution >= 4 is 17.7 Å². The number of hydrogen-bond donors (Lipinski definition) is 3. The summed E-state index contributed by atoms with van der Waals surface area (Å²) in [5, 5.41) is 16.6. The van der Waals surface area contributed by atoms with E-state index in [9.17, 15) is 4.79 Å². The second-order valence-electron chi connectivity index (χ2n) is 4.91. The number of rotatable bonds is 5. The fourth-order valence-electron chi connectivity index (χ4n) is 2.25. The molecule has 20 heavy (non-hydrogen) atoms. The van der Waals surface area contributed by atoms with Crippen molar-refractivity contribution in [3.8, 4) is 0 Å². The molecule has 0 spiro atoms. The Morgan fingerprint density at radius 2 is 1.95 bits per heavy atom. The van der Waals surface area contributed by atoms with Crippen molar-refractivity contribution in [2.75, 3.05) is 17.2 Å². The number of carbonyl (C=O) groups excluding carboxylic acids is 1. The minimum absolute atomic E-state index is 0.210. The SMILES string of the molecule is C=CCNc1ccc(NC(=O)NC2CCCCC2)nn1. The molecule has 6 heteroatoms. The first-order chi connectivity index (χ1) is 9.78. The summed E-state index contributed by atoms with van der Waals surface area (Å²) in [6, 6.07) is 3.56. The van der Waals surface area contributed by atoms with Crippen LogP contribution in [0.15, 0.2) is 24.8 Å². The molecule has 1 aliphatic carbocycles. The van der Waals surface area contributed by atoms with Gasteiger partial charge in [-0.2, -0.15) is 0 Å². The predicted molar refractivity (Wildman–Crippen MR) is 79.7 cm³/mol. The van der Waals surface area contributed by atoms with Gasteiger partial charge in [0.25, 0.3) is 0 Å². The minimum atomic E-state index is -0.210. The first-order valence-corrected chi connectivity index (χ1v) is 7.04. The van der Waals surface area contributed by atoms with E-state index in [1.165, 1.54) is 19.3 Å². The molecule has 0 unspecified atom stereocenters. The lowest BCUT2D eigenvalue weighted by molar-refractivity contribution is 0.244. The summed E-state index contributed by atoms with van der Waals surface area (Å²) in [5.74, 6) is 1.10. The van der Waals surface area contributed by atoms with Crippen molar-refractivity contribution in [2.24, 2.45) is 0 Å². The fourth-order valence-corrected chi connectivity index (χ4v) is 2.25. The first kappa shape index (κ1) is 14.3. The van der Waals surface area contributed by atoms with E-state index in [2.05, 4.69) is 32.7 Å². The predicted octanol–water partition coefficient (Wildman–Crippen LogP) is 2.53. The van der Waals surface area contributed by atoms with Gasteiger partial charge in [-0.15, -0.1) is 16.8 Å². The molecule has 0 radical (unpaired) electrons. The molecular weight excluding hydrogens is 254 g/mol. The van der Waals surface area contributed by atoms with Crippen molar-refractivity contribution < 1.29 is 4.79 Å². The maximum atomic E-state index is 11.8. The third kappa shape index (κ3) is 4.53. The summed E-state index contributed by atoms with van der Waals surface area (Å²) in [7, 11) is 0. The fraction of sp³-hybridized carbons (Fsp3) is 0.500. The molecule has 1 heterocycles. The van der Waals surface area contributed by atoms with Crippen LogP contribution >= 0.6 is 0 Å². The quantitative estimate of drug-likeness (QED) is 0.721. The second-order valence-corrected chi connectivity index (χ2v) is 4.91. The van der Waals surface area contributed by atoms with Crippen LogP contribution in [0, 0.1) is 0 Å². The largest absolute Gasteiger partial charge is 0.365 e. The number of carbonyl (C=O) groups is 1. The number of anilines is 2. The highest BCUT2D eigenvalue weighted by Gasteiger charge is 2.15. The van der Waals surface area contributed by atoms with E-state index in [-0.39, 0.29) is 12.1 Å². The van der Waals surface area contributed by atoms with Crippen molar-refractivity contribution in [3.05, 3.63) is 24.8 Å². The van der Waals surface area contributed by atoms with E-state index in [4.69, 9.17) is 0 Å². The van der Waals surface area contributed by atoms with Crippen LogP contribution in [0.5, 0.6) is 0 Å². The van der Waals surface area contributed by atoms with Gasteiger partial charge in [-0.1, -0.05) is 25.3 Å². The van der Waals surface area contributed by atoms with Crippen LogP contribution in [0.2, 0.25) is 0 Å². The van der Waals surface area contributed by atoms with Crippen LogP contribution < -0.4 is 16.0 Å². The van der Waals surface area contributed by atoms with Gasteiger partial charge >= 0.3 is 6.03 Å². The zero-order valence-corrected chi connectivity index (χ0v) is 11.6. The van der Waals surface area contributed by atoms with Gasteiger partial charge in [-0.3, -0.25) is 5.32 Å². The smallest absolute Gasteiger partial charge is 0.320 e. The average Bonchev–Trinajstić information content (AvgIpc) is 2.47. The van der Waals surface area contributed by atoms with Crippen LogP contribution in [0.1, 0.15) is 32.1 Å². The summed E-state index contributed by atoms with van der Waals surface area (Å²) < 4.78 is 0. The van der Waals surface area contributed by atoms with Gasteiger partial charge in [0.2, 0.25) is 0 Å². The number of amides is 2. The summed E-state index contributed by atoms with van der Waals surface area (Å²) in [4.78, 5) is 11.8. The van der Waals surface area contributed by atoms with E-state index in [0.717, 1.165) is 12.8 Å². The lowest BCUT2D eigenvalue weighted by Crippen LogP contribution is -2.39. The molecular formula is C14H21N5O. The molecule has 0 aliphatic heterocycles. The standard InChI is InChI=1S/C14H21N5O/c1-2-10-15-12-8-9-13(19-18-12)17-14(20)16-11-6-4-3-5-7-11/h2,8-9,11H,1,3-7,10H2,(H,15,18)(H2,16,17,19,20). The normalized spacial score (nSPS) is 15.4. The Kier molecular flexibility index (Phi) is 5.34. The third-order valence-electron chi connectivity index (χ3n) is 3.27. The maximum absolute atomic E-state index is 11.8. The van der Waals surface area contributed by atoms with Crippen molar-refractivity contribution in [1.82, 2.24) is 15.5 Å². The topological polar surface area (TPSA) is 78.9 Å². The molecule has 6 nitrogen and oxygen atoms in total. The molecule has 0 aromatic carbocycles. The number of aromatic nitrogens is 2. The van der Waals surface area contributed by atoms with Crippen molar-refractivity contribution in [1.29, 1.82) is 0 Å². The molecule has 108 valence electrons. The zero-order chi connectivity index (χ0) is 14.2. The van der Waals surface area contributed by atoms with E-state index in [1.807, 2.05) is 0 Å². The summed E-state index contributed by atoms with van der Waals surface area (Å²) in [6.45, 7) is 4.24. The lowest BCUT2D eigenvalue weighted by Gasteiger charge is -2.22. The zero-order valence-electron chi connectivity index (χ0n) is 11.6. The minimum Gasteiger partial charge on any atom is -0.365 e. The summed E-state index contributed by atoms with van der Waals surface area (Å²) in [5.41, 5.74) is 0. The van der Waals surface area contributed by atoms with E-state index >= 15 is 0 Å². The van der Waals surface area contributed by atoms with Gasteiger partial charge in [-0.05, 0) is 25.0 Å². The first-order valence-electron chi connectivity index (χ1n) is 7.04. The van der Waals surface area contributed by atoms with E-state index in [0.29, 0.717) is 18.2 Å². The van der Waals surface area contributed by atoms with Gasteiger partial charge in [0.05, 0.1) is 0 Å². The highest BCUT2D eigenvalue weighted by Crippen LogP contribution is 2.17. The van der Waals surface area contributed by atoms with Crippen LogP contribution in [0.4, 0.5) is 16.4 Å². The Balaban J connectivity index is 1.79. The monoisotopic (exact) mass is 275 g/mol. The van der Waals surface area contributed by atoms with Gasteiger partial charge in [-0.25, -0.2) is 4.79 Å². The second kappa shape index (κ2) is 7.47. The Bertz CT molecular complexity index is 439. The molecule has 2 rings (SSSR count). The molecule has 0 saturated heterocycles. The van der Waals surface area contributed by atoms with Crippen LogP contribution in [0.3, 0.4) is 0 Å². The lowest BCUT2D eigenvalue weighted by atomic mass is 9.96. The van der Waals surface area contributed by atoms with Gasteiger partial charge in [0, 0.05) is 12.6 Å². The van der Waals surface area contributed by atoms with Crippen molar-refractivity contribution in [2.45, 2.75) is 38.1 Å². The Morgan fingerprint density at radius 3 is 2.60 bits per heavy atom. The number of urea groups is 1. The molecule has 1 saturated carbocycles. The number of hydrogen-bond acceptors (Lipinski definition) is 4. The molecule has 2 amide bonds. The Morgan fingerprint density at radius 1 is 1.25 bits per heavy atom. The van der Waals surface area contributed by atoms with Crippen LogP contribution in [-0.2, 0) is 0 Å². The van der Waals surface area contributed by atoms with Gasteiger partial charge in [0.15, 0.2) is 5.82 Å².